The molecule has 0 bridgehead atoms. The average molecular weight is 246 g/mol. The number of benzene rings is 1. The normalized spacial score (nSPS) is 10.2. The Labute approximate surface area is 86.5 Å². The van der Waals surface area contributed by atoms with Gasteiger partial charge in [-0.05, 0) is 37.1 Å². The molecule has 0 spiro atoms. The topological polar surface area (TPSA) is 12.0 Å². The van der Waals surface area contributed by atoms with Gasteiger partial charge in [-0.1, -0.05) is 15.9 Å². The zero-order valence-electron chi connectivity index (χ0n) is 7.82. The quantitative estimate of drug-likeness (QED) is 0.861. The van der Waals surface area contributed by atoms with Gasteiger partial charge in [0, 0.05) is 16.7 Å². The van der Waals surface area contributed by atoms with Gasteiger partial charge in [0.05, 0.1) is 0 Å². The first-order chi connectivity index (χ1) is 6.15. The Morgan fingerprint density at radius 1 is 1.31 bits per heavy atom. The third-order valence-corrected chi connectivity index (χ3v) is 3.11. The van der Waals surface area contributed by atoms with Crippen molar-refractivity contribution in [3.8, 4) is 0 Å². The molecule has 0 saturated carbocycles. The van der Waals surface area contributed by atoms with Gasteiger partial charge < -0.3 is 5.32 Å². The molecule has 0 atom stereocenters. The maximum atomic E-state index is 11.9. The fourth-order valence-electron chi connectivity index (χ4n) is 1.24. The van der Waals surface area contributed by atoms with Crippen LogP contribution in [-0.4, -0.2) is 13.2 Å². The Bertz CT molecular complexity index is 276. The zero-order chi connectivity index (χ0) is 9.84. The number of halogens is 2. The number of hydrogen-bond acceptors (Lipinski definition) is 1. The summed E-state index contributed by atoms with van der Waals surface area (Å²) in [6.07, 6.45) is 0. The van der Waals surface area contributed by atoms with Crippen LogP contribution in [0.25, 0.3) is 0 Å². The van der Waals surface area contributed by atoms with E-state index in [9.17, 15) is 4.39 Å². The SMILES string of the molecule is Cc1cc(NCCF)cc(C)c1Br. The number of aryl methyl sites for hydroxylation is 2. The van der Waals surface area contributed by atoms with Crippen molar-refractivity contribution in [2.75, 3.05) is 18.5 Å². The van der Waals surface area contributed by atoms with Gasteiger partial charge in [0.25, 0.3) is 0 Å². The molecular weight excluding hydrogens is 233 g/mol. The van der Waals surface area contributed by atoms with E-state index in [1.165, 1.54) is 11.1 Å². The van der Waals surface area contributed by atoms with Crippen LogP contribution in [0.15, 0.2) is 16.6 Å². The highest BCUT2D eigenvalue weighted by molar-refractivity contribution is 9.10. The van der Waals surface area contributed by atoms with Crippen LogP contribution in [0.5, 0.6) is 0 Å². The summed E-state index contributed by atoms with van der Waals surface area (Å²) in [6.45, 7) is 4.09. The van der Waals surface area contributed by atoms with E-state index in [2.05, 4.69) is 21.2 Å². The average Bonchev–Trinajstić information content (AvgIpc) is 2.10. The van der Waals surface area contributed by atoms with Crippen molar-refractivity contribution in [1.29, 1.82) is 0 Å². The number of rotatable bonds is 3. The van der Waals surface area contributed by atoms with Gasteiger partial charge in [-0.3, -0.25) is 0 Å². The standard InChI is InChI=1S/C10H13BrFN/c1-7-5-9(13-4-3-12)6-8(2)10(7)11/h5-6,13H,3-4H2,1-2H3. The summed E-state index contributed by atoms with van der Waals surface area (Å²) in [5.41, 5.74) is 3.32. The van der Waals surface area contributed by atoms with Crippen molar-refractivity contribution in [3.05, 3.63) is 27.7 Å². The van der Waals surface area contributed by atoms with Crippen LogP contribution in [0, 0.1) is 13.8 Å². The predicted molar refractivity (Wildman–Crippen MR) is 58.1 cm³/mol. The highest BCUT2D eigenvalue weighted by Crippen LogP contribution is 2.24. The third-order valence-electron chi connectivity index (χ3n) is 1.86. The van der Waals surface area contributed by atoms with Crippen molar-refractivity contribution in [3.63, 3.8) is 0 Å². The Balaban J connectivity index is 2.86. The second-order valence-corrected chi connectivity index (χ2v) is 3.83. The molecule has 1 nitrogen and oxygen atoms in total. The Morgan fingerprint density at radius 2 is 1.85 bits per heavy atom. The summed E-state index contributed by atoms with van der Waals surface area (Å²) in [5, 5.41) is 3.01. The summed E-state index contributed by atoms with van der Waals surface area (Å²) in [7, 11) is 0. The van der Waals surface area contributed by atoms with Crippen LogP contribution >= 0.6 is 15.9 Å². The van der Waals surface area contributed by atoms with Crippen molar-refractivity contribution < 1.29 is 4.39 Å². The molecule has 1 aromatic carbocycles. The number of alkyl halides is 1. The van der Waals surface area contributed by atoms with E-state index in [1.54, 1.807) is 0 Å². The molecule has 0 aromatic heterocycles. The largest absolute Gasteiger partial charge is 0.382 e. The van der Waals surface area contributed by atoms with E-state index >= 15 is 0 Å². The van der Waals surface area contributed by atoms with Crippen molar-refractivity contribution in [2.24, 2.45) is 0 Å². The molecule has 1 aromatic rings. The lowest BCUT2D eigenvalue weighted by Crippen LogP contribution is -2.03. The first-order valence-corrected chi connectivity index (χ1v) is 5.01. The van der Waals surface area contributed by atoms with Gasteiger partial charge in [0.2, 0.25) is 0 Å². The summed E-state index contributed by atoms with van der Waals surface area (Å²) in [6, 6.07) is 4.01. The summed E-state index contributed by atoms with van der Waals surface area (Å²) < 4.78 is 13.0. The molecule has 0 fully saturated rings. The molecule has 0 saturated heterocycles. The van der Waals surface area contributed by atoms with E-state index in [0.717, 1.165) is 10.2 Å². The van der Waals surface area contributed by atoms with E-state index in [1.807, 2.05) is 26.0 Å². The molecule has 1 rings (SSSR count). The first kappa shape index (κ1) is 10.5. The van der Waals surface area contributed by atoms with Crippen molar-refractivity contribution in [2.45, 2.75) is 13.8 Å². The number of hydrogen-bond donors (Lipinski definition) is 1. The number of anilines is 1. The van der Waals surface area contributed by atoms with Crippen LogP contribution < -0.4 is 5.32 Å². The van der Waals surface area contributed by atoms with Gasteiger partial charge in [0.15, 0.2) is 0 Å². The van der Waals surface area contributed by atoms with Crippen LogP contribution in [-0.2, 0) is 0 Å². The predicted octanol–water partition coefficient (Wildman–Crippen LogP) is 3.45. The maximum absolute atomic E-state index is 11.9. The van der Waals surface area contributed by atoms with Gasteiger partial charge in [-0.25, -0.2) is 4.39 Å². The highest BCUT2D eigenvalue weighted by Gasteiger charge is 2.01. The highest BCUT2D eigenvalue weighted by atomic mass is 79.9. The minimum atomic E-state index is -0.339. The molecule has 0 aliphatic heterocycles. The maximum Gasteiger partial charge on any atom is 0.107 e. The Kier molecular flexibility index (Phi) is 3.72. The molecule has 0 aliphatic rings. The molecule has 0 amide bonds. The lowest BCUT2D eigenvalue weighted by atomic mass is 10.1. The van der Waals surface area contributed by atoms with E-state index in [4.69, 9.17) is 0 Å². The van der Waals surface area contributed by atoms with Crippen LogP contribution in [0.4, 0.5) is 10.1 Å². The summed E-state index contributed by atoms with van der Waals surface area (Å²) >= 11 is 3.48. The fraction of sp³-hybridized carbons (Fsp3) is 0.400. The summed E-state index contributed by atoms with van der Waals surface area (Å²) in [5.74, 6) is 0. The molecule has 72 valence electrons. The van der Waals surface area contributed by atoms with E-state index in [0.29, 0.717) is 6.54 Å². The third kappa shape index (κ3) is 2.69. The molecule has 13 heavy (non-hydrogen) atoms. The molecule has 1 N–H and O–H groups in total. The second kappa shape index (κ2) is 4.61. The van der Waals surface area contributed by atoms with E-state index in [-0.39, 0.29) is 6.67 Å². The molecule has 0 unspecified atom stereocenters. The van der Waals surface area contributed by atoms with Gasteiger partial charge in [0.1, 0.15) is 6.67 Å². The van der Waals surface area contributed by atoms with Crippen LogP contribution in [0.2, 0.25) is 0 Å². The molecule has 3 heteroatoms. The van der Waals surface area contributed by atoms with Crippen LogP contribution in [0.3, 0.4) is 0 Å². The minimum Gasteiger partial charge on any atom is -0.382 e. The van der Waals surface area contributed by atoms with Crippen molar-refractivity contribution in [1.82, 2.24) is 0 Å². The molecule has 0 radical (unpaired) electrons. The van der Waals surface area contributed by atoms with Gasteiger partial charge in [-0.15, -0.1) is 0 Å². The monoisotopic (exact) mass is 245 g/mol. The first-order valence-electron chi connectivity index (χ1n) is 4.21. The Hall–Kier alpha value is -0.570. The Morgan fingerprint density at radius 3 is 2.31 bits per heavy atom. The minimum absolute atomic E-state index is 0.339. The lowest BCUT2D eigenvalue weighted by molar-refractivity contribution is 0.513. The van der Waals surface area contributed by atoms with E-state index < -0.39 is 0 Å². The second-order valence-electron chi connectivity index (χ2n) is 3.04. The van der Waals surface area contributed by atoms with Crippen molar-refractivity contribution >= 4 is 21.6 Å². The van der Waals surface area contributed by atoms with Gasteiger partial charge >= 0.3 is 0 Å². The van der Waals surface area contributed by atoms with Crippen LogP contribution in [0.1, 0.15) is 11.1 Å². The zero-order valence-corrected chi connectivity index (χ0v) is 9.41. The smallest absolute Gasteiger partial charge is 0.107 e. The fourth-order valence-corrected chi connectivity index (χ4v) is 1.47. The summed E-state index contributed by atoms with van der Waals surface area (Å²) in [4.78, 5) is 0. The number of nitrogens with one attached hydrogen (secondary N) is 1. The molecule has 0 heterocycles. The lowest BCUT2D eigenvalue weighted by Gasteiger charge is -2.08. The molecular formula is C10H13BrFN. The van der Waals surface area contributed by atoms with Gasteiger partial charge in [-0.2, -0.15) is 0 Å². The molecule has 0 aliphatic carbocycles.